The molecule has 0 aromatic heterocycles. The highest BCUT2D eigenvalue weighted by atomic mass is 16.2. The van der Waals surface area contributed by atoms with E-state index in [2.05, 4.69) is 16.7 Å². The summed E-state index contributed by atoms with van der Waals surface area (Å²) in [6.45, 7) is 1.15. The number of nitrogens with one attached hydrogen (secondary N) is 2. The Labute approximate surface area is 175 Å². The van der Waals surface area contributed by atoms with Crippen molar-refractivity contribution in [1.82, 2.24) is 10.2 Å². The monoisotopic (exact) mass is 403 g/mol. The van der Waals surface area contributed by atoms with Crippen LogP contribution in [0.1, 0.15) is 52.7 Å². The highest BCUT2D eigenvalue weighted by molar-refractivity contribution is 5.99. The van der Waals surface area contributed by atoms with Gasteiger partial charge in [0, 0.05) is 30.8 Å². The molecule has 2 aromatic carbocycles. The number of anilines is 1. The van der Waals surface area contributed by atoms with Crippen LogP contribution >= 0.6 is 0 Å². The van der Waals surface area contributed by atoms with E-state index in [-0.39, 0.29) is 23.3 Å². The third-order valence-corrected chi connectivity index (χ3v) is 6.67. The fourth-order valence-corrected chi connectivity index (χ4v) is 5.11. The topological polar surface area (TPSA) is 78.5 Å². The highest BCUT2D eigenvalue weighted by Gasteiger charge is 2.42. The predicted octanol–water partition coefficient (Wildman–Crippen LogP) is 3.40. The summed E-state index contributed by atoms with van der Waals surface area (Å²) in [5, 5.41) is 6.19. The first-order valence-electron chi connectivity index (χ1n) is 10.7. The molecule has 1 fully saturated rings. The molecule has 3 amide bonds. The molecule has 2 aliphatic heterocycles. The van der Waals surface area contributed by atoms with E-state index in [1.165, 1.54) is 5.56 Å². The predicted molar refractivity (Wildman–Crippen MR) is 114 cm³/mol. The summed E-state index contributed by atoms with van der Waals surface area (Å²) in [6, 6.07) is 13.5. The molecule has 5 rings (SSSR count). The van der Waals surface area contributed by atoms with Crippen molar-refractivity contribution in [2.24, 2.45) is 0 Å². The SMILES string of the molecule is O=C1Cc2ccccc2C2(CCN(C(=O)Nc3ccc4c(c3)CCCC4=O)CC2)N1. The molecule has 1 saturated heterocycles. The number of urea groups is 1. The van der Waals surface area contributed by atoms with Gasteiger partial charge in [-0.25, -0.2) is 4.79 Å². The molecule has 2 aromatic rings. The Morgan fingerprint density at radius 1 is 1.00 bits per heavy atom. The maximum absolute atomic E-state index is 12.8. The molecule has 30 heavy (non-hydrogen) atoms. The van der Waals surface area contributed by atoms with Gasteiger partial charge >= 0.3 is 6.03 Å². The first-order valence-corrected chi connectivity index (χ1v) is 10.7. The van der Waals surface area contributed by atoms with Crippen LogP contribution in [-0.2, 0) is 23.2 Å². The van der Waals surface area contributed by atoms with Crippen molar-refractivity contribution < 1.29 is 14.4 Å². The average Bonchev–Trinajstić information content (AvgIpc) is 2.74. The van der Waals surface area contributed by atoms with Crippen molar-refractivity contribution in [3.05, 3.63) is 64.7 Å². The van der Waals surface area contributed by atoms with Gasteiger partial charge in [0.1, 0.15) is 0 Å². The molecule has 6 nitrogen and oxygen atoms in total. The molecule has 0 unspecified atom stereocenters. The standard InChI is InChI=1S/C24H25N3O3/c28-21-7-3-5-16-14-18(8-9-19(16)21)25-23(30)27-12-10-24(11-13-27)20-6-2-1-4-17(20)15-22(29)26-24/h1-2,4,6,8-9,14H,3,5,7,10-13,15H2,(H,25,30)(H,26,29). The summed E-state index contributed by atoms with van der Waals surface area (Å²) in [6.07, 6.45) is 4.15. The molecule has 1 aliphatic carbocycles. The van der Waals surface area contributed by atoms with Gasteiger partial charge < -0.3 is 15.5 Å². The Morgan fingerprint density at radius 3 is 2.63 bits per heavy atom. The van der Waals surface area contributed by atoms with Crippen LogP contribution in [0.2, 0.25) is 0 Å². The van der Waals surface area contributed by atoms with Crippen LogP contribution in [0.4, 0.5) is 10.5 Å². The second-order valence-corrected chi connectivity index (χ2v) is 8.53. The maximum atomic E-state index is 12.8. The van der Waals surface area contributed by atoms with Gasteiger partial charge in [0.05, 0.1) is 12.0 Å². The minimum absolute atomic E-state index is 0.0511. The van der Waals surface area contributed by atoms with Gasteiger partial charge in [-0.05, 0) is 60.6 Å². The highest BCUT2D eigenvalue weighted by Crippen LogP contribution is 2.38. The van der Waals surface area contributed by atoms with Crippen molar-refractivity contribution in [1.29, 1.82) is 0 Å². The van der Waals surface area contributed by atoms with E-state index in [9.17, 15) is 14.4 Å². The van der Waals surface area contributed by atoms with Gasteiger partial charge in [-0.2, -0.15) is 0 Å². The number of piperidine rings is 1. The number of ketones is 1. The zero-order valence-electron chi connectivity index (χ0n) is 16.9. The van der Waals surface area contributed by atoms with Gasteiger partial charge in [0.25, 0.3) is 0 Å². The third kappa shape index (κ3) is 3.26. The number of rotatable bonds is 1. The van der Waals surface area contributed by atoms with E-state index in [0.29, 0.717) is 38.8 Å². The Morgan fingerprint density at radius 2 is 1.80 bits per heavy atom. The minimum Gasteiger partial charge on any atom is -0.346 e. The molecule has 2 heterocycles. The number of hydrogen-bond donors (Lipinski definition) is 2. The van der Waals surface area contributed by atoms with E-state index in [1.807, 2.05) is 36.4 Å². The summed E-state index contributed by atoms with van der Waals surface area (Å²) >= 11 is 0. The average molecular weight is 403 g/mol. The molecular formula is C24H25N3O3. The van der Waals surface area contributed by atoms with Crippen molar-refractivity contribution >= 4 is 23.4 Å². The lowest BCUT2D eigenvalue weighted by atomic mass is 9.76. The molecule has 154 valence electrons. The number of carbonyl (C=O) groups excluding carboxylic acids is 3. The molecule has 1 spiro atoms. The van der Waals surface area contributed by atoms with E-state index in [0.717, 1.165) is 35.2 Å². The number of amides is 3. The first-order chi connectivity index (χ1) is 14.5. The lowest BCUT2D eigenvalue weighted by Gasteiger charge is -2.45. The molecule has 0 atom stereocenters. The van der Waals surface area contributed by atoms with Crippen molar-refractivity contribution in [2.45, 2.75) is 44.1 Å². The number of fused-ring (bicyclic) bond motifs is 3. The van der Waals surface area contributed by atoms with Crippen LogP contribution in [0.3, 0.4) is 0 Å². The number of benzene rings is 2. The quantitative estimate of drug-likeness (QED) is 0.766. The zero-order valence-corrected chi connectivity index (χ0v) is 16.9. The van der Waals surface area contributed by atoms with Crippen LogP contribution in [0, 0.1) is 0 Å². The van der Waals surface area contributed by atoms with E-state index < -0.39 is 0 Å². The molecule has 2 N–H and O–H groups in total. The summed E-state index contributed by atoms with van der Waals surface area (Å²) in [4.78, 5) is 38.9. The normalized spacial score (nSPS) is 19.7. The third-order valence-electron chi connectivity index (χ3n) is 6.67. The van der Waals surface area contributed by atoms with Gasteiger partial charge in [-0.15, -0.1) is 0 Å². The Balaban J connectivity index is 1.28. The van der Waals surface area contributed by atoms with E-state index >= 15 is 0 Å². The van der Waals surface area contributed by atoms with E-state index in [1.54, 1.807) is 4.90 Å². The number of Topliss-reactive ketones (excluding diaryl/α,β-unsaturated/α-hetero) is 1. The Hall–Kier alpha value is -3.15. The molecule has 0 saturated carbocycles. The lowest BCUT2D eigenvalue weighted by molar-refractivity contribution is -0.124. The van der Waals surface area contributed by atoms with Gasteiger partial charge in [0.2, 0.25) is 5.91 Å². The molecule has 0 bridgehead atoms. The number of aryl methyl sites for hydroxylation is 1. The summed E-state index contributed by atoms with van der Waals surface area (Å²) in [7, 11) is 0. The number of likely N-dealkylation sites (tertiary alicyclic amines) is 1. The summed E-state index contributed by atoms with van der Waals surface area (Å²) in [5.74, 6) is 0.237. The largest absolute Gasteiger partial charge is 0.346 e. The van der Waals surface area contributed by atoms with Crippen LogP contribution in [0.5, 0.6) is 0 Å². The molecular weight excluding hydrogens is 378 g/mol. The Kier molecular flexibility index (Phi) is 4.57. The Bertz CT molecular complexity index is 1040. The lowest BCUT2D eigenvalue weighted by Crippen LogP contribution is -2.57. The molecule has 0 radical (unpaired) electrons. The van der Waals surface area contributed by atoms with Gasteiger partial charge in [0.15, 0.2) is 5.78 Å². The van der Waals surface area contributed by atoms with E-state index in [4.69, 9.17) is 0 Å². The number of hydrogen-bond acceptors (Lipinski definition) is 3. The van der Waals surface area contributed by atoms with Crippen LogP contribution in [-0.4, -0.2) is 35.7 Å². The summed E-state index contributed by atoms with van der Waals surface area (Å²) in [5.41, 5.74) is 4.42. The second-order valence-electron chi connectivity index (χ2n) is 8.53. The zero-order chi connectivity index (χ0) is 20.7. The molecule has 6 heteroatoms. The van der Waals surface area contributed by atoms with Crippen LogP contribution < -0.4 is 10.6 Å². The van der Waals surface area contributed by atoms with Gasteiger partial charge in [-0.1, -0.05) is 24.3 Å². The maximum Gasteiger partial charge on any atom is 0.321 e. The number of nitrogens with zero attached hydrogens (tertiary/aromatic N) is 1. The smallest absolute Gasteiger partial charge is 0.321 e. The van der Waals surface area contributed by atoms with Crippen molar-refractivity contribution in [3.63, 3.8) is 0 Å². The van der Waals surface area contributed by atoms with Crippen molar-refractivity contribution in [2.75, 3.05) is 18.4 Å². The minimum atomic E-state index is -0.380. The fraction of sp³-hybridized carbons (Fsp3) is 0.375. The summed E-state index contributed by atoms with van der Waals surface area (Å²) < 4.78 is 0. The first kappa shape index (κ1) is 18.9. The van der Waals surface area contributed by atoms with Gasteiger partial charge in [-0.3, -0.25) is 9.59 Å². The van der Waals surface area contributed by atoms with Crippen molar-refractivity contribution in [3.8, 4) is 0 Å². The second kappa shape index (κ2) is 7.27. The van der Waals surface area contributed by atoms with Crippen LogP contribution in [0.25, 0.3) is 0 Å². The number of carbonyl (C=O) groups is 3. The fourth-order valence-electron chi connectivity index (χ4n) is 5.11. The van der Waals surface area contributed by atoms with Crippen LogP contribution in [0.15, 0.2) is 42.5 Å². The molecule has 3 aliphatic rings.